The zero-order valence-electron chi connectivity index (χ0n) is 12.6. The lowest BCUT2D eigenvalue weighted by Gasteiger charge is -2.00. The van der Waals surface area contributed by atoms with Crippen molar-refractivity contribution >= 4 is 23.1 Å². The van der Waals surface area contributed by atoms with Gasteiger partial charge in [0.15, 0.2) is 5.76 Å². The quantitative estimate of drug-likeness (QED) is 0.509. The number of phenolic OH excluding ortho intramolecular Hbond substituents is 2. The molecule has 0 aliphatic rings. The number of nitrogens with one attached hydrogen (secondary N) is 1. The van der Waals surface area contributed by atoms with Crippen molar-refractivity contribution in [2.45, 2.75) is 6.92 Å². The van der Waals surface area contributed by atoms with Crippen LogP contribution in [0, 0.1) is 12.7 Å². The van der Waals surface area contributed by atoms with Crippen molar-refractivity contribution in [2.24, 2.45) is 5.10 Å². The highest BCUT2D eigenvalue weighted by Crippen LogP contribution is 2.32. The molecule has 0 fully saturated rings. The van der Waals surface area contributed by atoms with Gasteiger partial charge in [-0.15, -0.1) is 0 Å². The minimum absolute atomic E-state index is 0.00702. The molecule has 3 aromatic rings. The minimum atomic E-state index is -0.669. The predicted molar refractivity (Wildman–Crippen MR) is 85.7 cm³/mol. The summed E-state index contributed by atoms with van der Waals surface area (Å²) >= 11 is 0. The van der Waals surface area contributed by atoms with Crippen LogP contribution in [0.5, 0.6) is 11.5 Å². The highest BCUT2D eigenvalue weighted by Gasteiger charge is 2.19. The van der Waals surface area contributed by atoms with Crippen LogP contribution < -0.4 is 5.43 Å². The van der Waals surface area contributed by atoms with Crippen LogP contribution in [0.25, 0.3) is 11.0 Å². The summed E-state index contributed by atoms with van der Waals surface area (Å²) in [6.45, 7) is 1.63. The fourth-order valence-corrected chi connectivity index (χ4v) is 2.36. The number of furan rings is 1. The van der Waals surface area contributed by atoms with Gasteiger partial charge in [-0.2, -0.15) is 5.10 Å². The number of hydrogen-bond acceptors (Lipinski definition) is 5. The molecule has 2 aromatic carbocycles. The van der Waals surface area contributed by atoms with E-state index >= 15 is 0 Å². The summed E-state index contributed by atoms with van der Waals surface area (Å²) in [5, 5.41) is 23.5. The Morgan fingerprint density at radius 2 is 1.92 bits per heavy atom. The molecule has 0 aliphatic heterocycles. The van der Waals surface area contributed by atoms with Gasteiger partial charge in [-0.1, -0.05) is 12.1 Å². The third kappa shape index (κ3) is 2.67. The van der Waals surface area contributed by atoms with Gasteiger partial charge in [0.05, 0.1) is 17.2 Å². The first-order chi connectivity index (χ1) is 11.5. The average molecular weight is 328 g/mol. The zero-order chi connectivity index (χ0) is 17.3. The molecule has 24 heavy (non-hydrogen) atoms. The van der Waals surface area contributed by atoms with Gasteiger partial charge < -0.3 is 14.6 Å². The van der Waals surface area contributed by atoms with E-state index in [1.165, 1.54) is 18.2 Å². The average Bonchev–Trinajstić information content (AvgIpc) is 2.88. The van der Waals surface area contributed by atoms with Crippen LogP contribution in [0.3, 0.4) is 0 Å². The normalized spacial score (nSPS) is 11.2. The lowest BCUT2D eigenvalue weighted by atomic mass is 10.1. The molecule has 0 atom stereocenters. The molecule has 7 heteroatoms. The number of benzene rings is 2. The molecule has 0 radical (unpaired) electrons. The SMILES string of the molecule is Cc1c(C(=O)NN=Cc2c(O)cccc2F)oc2cccc(O)c12. The molecule has 3 rings (SSSR count). The van der Waals surface area contributed by atoms with Gasteiger partial charge in [-0.3, -0.25) is 4.79 Å². The number of carbonyl (C=O) groups excluding carboxylic acids is 1. The number of hydrazone groups is 1. The summed E-state index contributed by atoms with van der Waals surface area (Å²) in [6.07, 6.45) is 0.998. The summed E-state index contributed by atoms with van der Waals surface area (Å²) in [7, 11) is 0. The number of rotatable bonds is 3. The van der Waals surface area contributed by atoms with Gasteiger partial charge in [0, 0.05) is 5.56 Å². The van der Waals surface area contributed by atoms with Crippen LogP contribution in [0.1, 0.15) is 21.7 Å². The number of aromatic hydroxyl groups is 2. The Bertz CT molecular complexity index is 942. The number of carbonyl (C=O) groups is 1. The van der Waals surface area contributed by atoms with Crippen molar-refractivity contribution in [1.82, 2.24) is 5.43 Å². The second-order valence-electron chi connectivity index (χ2n) is 5.08. The van der Waals surface area contributed by atoms with E-state index in [2.05, 4.69) is 10.5 Å². The van der Waals surface area contributed by atoms with Gasteiger partial charge in [0.25, 0.3) is 0 Å². The third-order valence-corrected chi connectivity index (χ3v) is 3.53. The van der Waals surface area contributed by atoms with Gasteiger partial charge in [0.2, 0.25) is 0 Å². The Morgan fingerprint density at radius 1 is 1.21 bits per heavy atom. The molecule has 6 nitrogen and oxygen atoms in total. The first-order valence-corrected chi connectivity index (χ1v) is 7.01. The lowest BCUT2D eigenvalue weighted by Crippen LogP contribution is -2.17. The molecule has 1 aromatic heterocycles. The third-order valence-electron chi connectivity index (χ3n) is 3.53. The fraction of sp³-hybridized carbons (Fsp3) is 0.0588. The lowest BCUT2D eigenvalue weighted by molar-refractivity contribution is 0.0928. The van der Waals surface area contributed by atoms with E-state index in [0.717, 1.165) is 12.3 Å². The van der Waals surface area contributed by atoms with Crippen molar-refractivity contribution in [3.05, 3.63) is 59.1 Å². The highest BCUT2D eigenvalue weighted by molar-refractivity contribution is 6.01. The van der Waals surface area contributed by atoms with Crippen LogP contribution in [0.15, 0.2) is 45.9 Å². The molecule has 1 amide bonds. The second kappa shape index (κ2) is 6.04. The number of fused-ring (bicyclic) bond motifs is 1. The molecule has 0 aliphatic carbocycles. The minimum Gasteiger partial charge on any atom is -0.507 e. The molecule has 0 bridgehead atoms. The largest absolute Gasteiger partial charge is 0.507 e. The number of phenols is 2. The maximum Gasteiger partial charge on any atom is 0.307 e. The first kappa shape index (κ1) is 15.5. The number of halogens is 1. The number of hydrogen-bond donors (Lipinski definition) is 3. The maximum absolute atomic E-state index is 13.5. The highest BCUT2D eigenvalue weighted by atomic mass is 19.1. The smallest absolute Gasteiger partial charge is 0.307 e. The van der Waals surface area contributed by atoms with Crippen LogP contribution in [0.4, 0.5) is 4.39 Å². The Balaban J connectivity index is 1.85. The van der Waals surface area contributed by atoms with Crippen molar-refractivity contribution in [3.63, 3.8) is 0 Å². The molecule has 0 saturated carbocycles. The summed E-state index contributed by atoms with van der Waals surface area (Å²) < 4.78 is 19.0. The van der Waals surface area contributed by atoms with Gasteiger partial charge in [0.1, 0.15) is 22.9 Å². The zero-order valence-corrected chi connectivity index (χ0v) is 12.6. The van der Waals surface area contributed by atoms with Gasteiger partial charge in [-0.25, -0.2) is 9.82 Å². The predicted octanol–water partition coefficient (Wildman–Crippen LogP) is 3.06. The van der Waals surface area contributed by atoms with Crippen LogP contribution in [-0.2, 0) is 0 Å². The summed E-state index contributed by atoms with van der Waals surface area (Å²) in [5.41, 5.74) is 2.89. The topological polar surface area (TPSA) is 95.1 Å². The Kier molecular flexibility index (Phi) is 3.91. The molecular weight excluding hydrogens is 315 g/mol. The monoisotopic (exact) mass is 328 g/mol. The molecule has 0 spiro atoms. The standard InChI is InChI=1S/C17H13FN2O4/c1-9-15-13(22)6-3-7-14(15)24-16(9)17(23)20-19-8-10-11(18)4-2-5-12(10)21/h2-8,21-22H,1H3,(H,20,23). The molecule has 0 saturated heterocycles. The van der Waals surface area contributed by atoms with Gasteiger partial charge >= 0.3 is 5.91 Å². The molecular formula is C17H13FN2O4. The number of amides is 1. The van der Waals surface area contributed by atoms with Crippen LogP contribution >= 0.6 is 0 Å². The fourth-order valence-electron chi connectivity index (χ4n) is 2.36. The summed E-state index contributed by atoms with van der Waals surface area (Å²) in [4.78, 5) is 12.2. The van der Waals surface area contributed by atoms with Crippen LogP contribution in [0.2, 0.25) is 0 Å². The van der Waals surface area contributed by atoms with Crippen molar-refractivity contribution in [3.8, 4) is 11.5 Å². The molecule has 3 N–H and O–H groups in total. The van der Waals surface area contributed by atoms with E-state index in [1.807, 2.05) is 0 Å². The Hall–Kier alpha value is -3.35. The van der Waals surface area contributed by atoms with Gasteiger partial charge in [-0.05, 0) is 31.2 Å². The van der Waals surface area contributed by atoms with Crippen molar-refractivity contribution in [2.75, 3.05) is 0 Å². The van der Waals surface area contributed by atoms with E-state index in [1.54, 1.807) is 19.1 Å². The first-order valence-electron chi connectivity index (χ1n) is 7.01. The molecule has 122 valence electrons. The molecule has 1 heterocycles. The van der Waals surface area contributed by atoms with E-state index in [0.29, 0.717) is 16.5 Å². The van der Waals surface area contributed by atoms with Crippen molar-refractivity contribution in [1.29, 1.82) is 0 Å². The number of aryl methyl sites for hydroxylation is 1. The molecule has 0 unspecified atom stereocenters. The van der Waals surface area contributed by atoms with Crippen LogP contribution in [-0.4, -0.2) is 22.3 Å². The van der Waals surface area contributed by atoms with Crippen molar-refractivity contribution < 1.29 is 23.8 Å². The maximum atomic E-state index is 13.5. The number of nitrogens with zero attached hydrogens (tertiary/aromatic N) is 1. The van der Waals surface area contributed by atoms with E-state index in [4.69, 9.17) is 4.42 Å². The Morgan fingerprint density at radius 3 is 2.62 bits per heavy atom. The summed E-state index contributed by atoms with van der Waals surface area (Å²) in [6, 6.07) is 8.53. The summed E-state index contributed by atoms with van der Waals surface area (Å²) in [5.74, 6) is -1.63. The Labute approximate surface area is 135 Å². The van der Waals surface area contributed by atoms with E-state index < -0.39 is 11.7 Å². The van der Waals surface area contributed by atoms with E-state index in [-0.39, 0.29) is 22.8 Å². The van der Waals surface area contributed by atoms with E-state index in [9.17, 15) is 19.4 Å². The second-order valence-corrected chi connectivity index (χ2v) is 5.08.